The molecule has 1 aliphatic heterocycles. The van der Waals surface area contributed by atoms with Gasteiger partial charge in [0.2, 0.25) is 15.9 Å². The lowest BCUT2D eigenvalue weighted by Gasteiger charge is -2.21. The van der Waals surface area contributed by atoms with Gasteiger partial charge in [0, 0.05) is 24.2 Å². The Morgan fingerprint density at radius 1 is 1.30 bits per heavy atom. The molecular weight excluding hydrogens is 362 g/mol. The number of aromatic nitrogens is 1. The van der Waals surface area contributed by atoms with Crippen molar-refractivity contribution < 1.29 is 13.2 Å². The number of hydrogen-bond acceptors (Lipinski definition) is 3. The highest BCUT2D eigenvalue weighted by molar-refractivity contribution is 7.88. The number of benzene rings is 1. The molecule has 7 heteroatoms. The first-order valence-corrected chi connectivity index (χ1v) is 11.2. The van der Waals surface area contributed by atoms with Gasteiger partial charge < -0.3 is 10.3 Å². The van der Waals surface area contributed by atoms with E-state index in [9.17, 15) is 13.2 Å². The molecule has 0 radical (unpaired) electrons. The third-order valence-electron chi connectivity index (χ3n) is 5.49. The Kier molecular flexibility index (Phi) is 4.60. The normalized spacial score (nSPS) is 20.1. The van der Waals surface area contributed by atoms with E-state index in [0.29, 0.717) is 6.54 Å². The van der Waals surface area contributed by atoms with E-state index in [2.05, 4.69) is 29.4 Å². The zero-order valence-electron chi connectivity index (χ0n) is 15.7. The van der Waals surface area contributed by atoms with E-state index in [1.807, 2.05) is 0 Å². The van der Waals surface area contributed by atoms with Gasteiger partial charge in [-0.05, 0) is 49.8 Å². The Labute approximate surface area is 159 Å². The topological polar surface area (TPSA) is 82.3 Å². The summed E-state index contributed by atoms with van der Waals surface area (Å²) >= 11 is 0. The fourth-order valence-electron chi connectivity index (χ4n) is 4.23. The number of aryl methyl sites for hydroxylation is 3. The highest BCUT2D eigenvalue weighted by atomic mass is 32.2. The van der Waals surface area contributed by atoms with Crippen LogP contribution in [0.4, 0.5) is 0 Å². The molecule has 2 heterocycles. The van der Waals surface area contributed by atoms with Crippen LogP contribution in [0.5, 0.6) is 0 Å². The van der Waals surface area contributed by atoms with Crippen molar-refractivity contribution in [2.75, 3.05) is 12.8 Å². The fourth-order valence-corrected chi connectivity index (χ4v) is 5.16. The van der Waals surface area contributed by atoms with Crippen molar-refractivity contribution in [3.8, 4) is 0 Å². The number of carbonyl (C=O) groups excluding carboxylic acids is 1. The van der Waals surface area contributed by atoms with Gasteiger partial charge >= 0.3 is 0 Å². The number of amides is 1. The van der Waals surface area contributed by atoms with Crippen LogP contribution in [0.25, 0.3) is 10.9 Å². The number of H-pyrrole nitrogens is 1. The second-order valence-electron chi connectivity index (χ2n) is 7.56. The van der Waals surface area contributed by atoms with Crippen molar-refractivity contribution in [1.29, 1.82) is 0 Å². The highest BCUT2D eigenvalue weighted by Crippen LogP contribution is 2.31. The van der Waals surface area contributed by atoms with Crippen molar-refractivity contribution in [3.63, 3.8) is 0 Å². The van der Waals surface area contributed by atoms with E-state index in [0.717, 1.165) is 35.7 Å². The molecule has 0 fully saturated rings. The van der Waals surface area contributed by atoms with Crippen LogP contribution in [-0.2, 0) is 34.2 Å². The van der Waals surface area contributed by atoms with Crippen LogP contribution in [0.15, 0.2) is 24.3 Å². The molecule has 1 aliphatic carbocycles. The summed E-state index contributed by atoms with van der Waals surface area (Å²) in [5, 5.41) is 4.18. The SMILES string of the molecule is Cc1cc(CNC(=O)C2C=CCN2S(C)(=O)=O)c2[nH]c3c(c2c1)CCCC3. The Morgan fingerprint density at radius 3 is 2.85 bits per heavy atom. The molecule has 0 saturated carbocycles. The molecule has 1 amide bonds. The van der Waals surface area contributed by atoms with Crippen molar-refractivity contribution in [3.05, 3.63) is 46.7 Å². The fraction of sp³-hybridized carbons (Fsp3) is 0.450. The number of fused-ring (bicyclic) bond motifs is 3. The van der Waals surface area contributed by atoms with Gasteiger partial charge in [-0.2, -0.15) is 4.31 Å². The van der Waals surface area contributed by atoms with Gasteiger partial charge in [-0.25, -0.2) is 8.42 Å². The van der Waals surface area contributed by atoms with Gasteiger partial charge in [-0.3, -0.25) is 4.79 Å². The quantitative estimate of drug-likeness (QED) is 0.789. The Hall–Kier alpha value is -2.12. The summed E-state index contributed by atoms with van der Waals surface area (Å²) in [6.45, 7) is 2.69. The molecule has 2 N–H and O–H groups in total. The van der Waals surface area contributed by atoms with Crippen LogP contribution >= 0.6 is 0 Å². The van der Waals surface area contributed by atoms with E-state index in [1.54, 1.807) is 12.2 Å². The predicted octanol–water partition coefficient (Wildman–Crippen LogP) is 2.17. The average Bonchev–Trinajstić information content (AvgIpc) is 3.24. The summed E-state index contributed by atoms with van der Waals surface area (Å²) in [6.07, 6.45) is 9.10. The Balaban J connectivity index is 1.58. The standard InChI is InChI=1S/C20H25N3O3S/c1-13-10-14(19-16(11-13)15-6-3-4-7-17(15)22-19)12-21-20(24)18-8-5-9-23(18)27(2,25)26/h5,8,10-11,18,22H,3-4,6-7,9,12H2,1-2H3,(H,21,24). The zero-order chi connectivity index (χ0) is 19.2. The van der Waals surface area contributed by atoms with Crippen molar-refractivity contribution in [1.82, 2.24) is 14.6 Å². The van der Waals surface area contributed by atoms with Crippen LogP contribution in [0, 0.1) is 6.92 Å². The monoisotopic (exact) mass is 387 g/mol. The molecule has 2 aliphatic rings. The Bertz CT molecular complexity index is 1040. The zero-order valence-corrected chi connectivity index (χ0v) is 16.5. The number of hydrogen-bond donors (Lipinski definition) is 2. The first-order valence-electron chi connectivity index (χ1n) is 9.39. The van der Waals surface area contributed by atoms with Gasteiger partial charge in [-0.15, -0.1) is 0 Å². The molecule has 1 aromatic heterocycles. The molecule has 0 spiro atoms. The summed E-state index contributed by atoms with van der Waals surface area (Å²) in [7, 11) is -3.42. The predicted molar refractivity (Wildman–Crippen MR) is 106 cm³/mol. The number of nitrogens with zero attached hydrogens (tertiary/aromatic N) is 1. The summed E-state index contributed by atoms with van der Waals surface area (Å²) in [5.41, 5.74) is 6.03. The molecule has 27 heavy (non-hydrogen) atoms. The summed E-state index contributed by atoms with van der Waals surface area (Å²) in [5.74, 6) is -0.292. The molecule has 1 aromatic carbocycles. The smallest absolute Gasteiger partial charge is 0.242 e. The molecule has 4 rings (SSSR count). The number of sulfonamides is 1. The third-order valence-corrected chi connectivity index (χ3v) is 6.72. The largest absolute Gasteiger partial charge is 0.358 e. The van der Waals surface area contributed by atoms with E-state index in [-0.39, 0.29) is 12.5 Å². The Morgan fingerprint density at radius 2 is 2.07 bits per heavy atom. The maximum Gasteiger partial charge on any atom is 0.242 e. The number of nitrogens with one attached hydrogen (secondary N) is 2. The van der Waals surface area contributed by atoms with Gasteiger partial charge in [0.1, 0.15) is 6.04 Å². The lowest BCUT2D eigenvalue weighted by molar-refractivity contribution is -0.123. The molecule has 6 nitrogen and oxygen atoms in total. The van der Waals surface area contributed by atoms with E-state index in [1.165, 1.54) is 33.8 Å². The second kappa shape index (κ2) is 6.80. The maximum absolute atomic E-state index is 12.6. The number of aromatic amines is 1. The van der Waals surface area contributed by atoms with Crippen LogP contribution in [0.1, 0.15) is 35.2 Å². The lowest BCUT2D eigenvalue weighted by Crippen LogP contribution is -2.45. The van der Waals surface area contributed by atoms with Crippen molar-refractivity contribution in [2.45, 2.75) is 45.2 Å². The van der Waals surface area contributed by atoms with Gasteiger partial charge in [0.15, 0.2) is 0 Å². The minimum Gasteiger partial charge on any atom is -0.358 e. The van der Waals surface area contributed by atoms with E-state index >= 15 is 0 Å². The highest BCUT2D eigenvalue weighted by Gasteiger charge is 2.32. The van der Waals surface area contributed by atoms with Crippen molar-refractivity contribution >= 4 is 26.8 Å². The average molecular weight is 388 g/mol. The molecule has 0 bridgehead atoms. The minimum atomic E-state index is -3.42. The number of carbonyl (C=O) groups is 1. The molecule has 2 aromatic rings. The second-order valence-corrected chi connectivity index (χ2v) is 9.49. The van der Waals surface area contributed by atoms with Crippen molar-refractivity contribution in [2.24, 2.45) is 0 Å². The molecular formula is C20H25N3O3S. The molecule has 1 unspecified atom stereocenters. The van der Waals surface area contributed by atoms with E-state index < -0.39 is 16.1 Å². The van der Waals surface area contributed by atoms with Crippen LogP contribution in [-0.4, -0.2) is 42.5 Å². The van der Waals surface area contributed by atoms with Gasteiger partial charge in [-0.1, -0.05) is 23.8 Å². The molecule has 1 atom stereocenters. The summed E-state index contributed by atoms with van der Waals surface area (Å²) in [6, 6.07) is 3.53. The maximum atomic E-state index is 12.6. The first-order chi connectivity index (χ1) is 12.8. The third kappa shape index (κ3) is 3.41. The van der Waals surface area contributed by atoms with Gasteiger partial charge in [0.05, 0.1) is 11.8 Å². The molecule has 144 valence electrons. The summed E-state index contributed by atoms with van der Waals surface area (Å²) < 4.78 is 24.9. The number of rotatable bonds is 4. The van der Waals surface area contributed by atoms with Gasteiger partial charge in [0.25, 0.3) is 0 Å². The summed E-state index contributed by atoms with van der Waals surface area (Å²) in [4.78, 5) is 16.2. The minimum absolute atomic E-state index is 0.245. The van der Waals surface area contributed by atoms with E-state index in [4.69, 9.17) is 0 Å². The first kappa shape index (κ1) is 18.3. The van der Waals surface area contributed by atoms with Crippen LogP contribution in [0.3, 0.4) is 0 Å². The molecule has 0 saturated heterocycles. The van der Waals surface area contributed by atoms with Crippen LogP contribution in [0.2, 0.25) is 0 Å². The lowest BCUT2D eigenvalue weighted by atomic mass is 9.94. The van der Waals surface area contributed by atoms with Crippen LogP contribution < -0.4 is 5.32 Å².